The summed E-state index contributed by atoms with van der Waals surface area (Å²) in [6, 6.07) is 0.275. The summed E-state index contributed by atoms with van der Waals surface area (Å²) < 4.78 is 0. The van der Waals surface area contributed by atoms with Gasteiger partial charge >= 0.3 is 0 Å². The Labute approximate surface area is 97.9 Å². The Balaban J connectivity index is 2.21. The van der Waals surface area contributed by atoms with Crippen molar-refractivity contribution >= 4 is 5.91 Å². The standard InChI is InChI=1S/C12H23N3O/c1-3-6-14-12(16)9-15-7-4-11(5-8-15)10(2)13/h3,10-11H,1,4-9,13H2,2H3,(H,14,16). The van der Waals surface area contributed by atoms with Gasteiger partial charge in [0.2, 0.25) is 5.91 Å². The molecule has 1 heterocycles. The molecule has 1 atom stereocenters. The number of carbonyl (C=O) groups is 1. The molecule has 0 aliphatic carbocycles. The molecule has 0 aromatic rings. The summed E-state index contributed by atoms with van der Waals surface area (Å²) in [6.07, 6.45) is 3.90. The van der Waals surface area contributed by atoms with E-state index in [0.717, 1.165) is 25.9 Å². The second-order valence-electron chi connectivity index (χ2n) is 4.57. The highest BCUT2D eigenvalue weighted by Gasteiger charge is 2.22. The third-order valence-electron chi connectivity index (χ3n) is 3.19. The van der Waals surface area contributed by atoms with Crippen molar-refractivity contribution in [2.45, 2.75) is 25.8 Å². The highest BCUT2D eigenvalue weighted by atomic mass is 16.2. The van der Waals surface area contributed by atoms with Crippen LogP contribution in [0.15, 0.2) is 12.7 Å². The van der Waals surface area contributed by atoms with Gasteiger partial charge in [0, 0.05) is 12.6 Å². The third-order valence-corrected chi connectivity index (χ3v) is 3.19. The fourth-order valence-corrected chi connectivity index (χ4v) is 2.08. The van der Waals surface area contributed by atoms with E-state index in [0.29, 0.717) is 19.0 Å². The first kappa shape index (κ1) is 13.2. The van der Waals surface area contributed by atoms with Gasteiger partial charge in [-0.25, -0.2) is 0 Å². The van der Waals surface area contributed by atoms with Crippen LogP contribution in [0, 0.1) is 5.92 Å². The summed E-state index contributed by atoms with van der Waals surface area (Å²) in [7, 11) is 0. The van der Waals surface area contributed by atoms with E-state index in [-0.39, 0.29) is 11.9 Å². The number of piperidine rings is 1. The lowest BCUT2D eigenvalue weighted by Gasteiger charge is -2.33. The largest absolute Gasteiger partial charge is 0.352 e. The summed E-state index contributed by atoms with van der Waals surface area (Å²) in [4.78, 5) is 13.7. The van der Waals surface area contributed by atoms with Crippen LogP contribution in [0.2, 0.25) is 0 Å². The first-order valence-corrected chi connectivity index (χ1v) is 5.99. The zero-order valence-electron chi connectivity index (χ0n) is 10.1. The molecule has 1 aliphatic heterocycles. The quantitative estimate of drug-likeness (QED) is 0.664. The number of amides is 1. The summed E-state index contributed by atoms with van der Waals surface area (Å²) in [5, 5.41) is 2.79. The normalized spacial score (nSPS) is 20.4. The zero-order chi connectivity index (χ0) is 12.0. The van der Waals surface area contributed by atoms with E-state index in [2.05, 4.69) is 23.7 Å². The molecule has 16 heavy (non-hydrogen) atoms. The molecule has 1 fully saturated rings. The van der Waals surface area contributed by atoms with Crippen LogP contribution in [0.5, 0.6) is 0 Å². The van der Waals surface area contributed by atoms with E-state index in [1.165, 1.54) is 0 Å². The molecule has 92 valence electrons. The lowest BCUT2D eigenvalue weighted by molar-refractivity contribution is -0.122. The molecule has 0 aromatic heterocycles. The first-order valence-electron chi connectivity index (χ1n) is 5.99. The summed E-state index contributed by atoms with van der Waals surface area (Å²) in [6.45, 7) is 8.64. The Morgan fingerprint density at radius 3 is 2.75 bits per heavy atom. The molecule has 1 rings (SSSR count). The van der Waals surface area contributed by atoms with Crippen molar-refractivity contribution < 1.29 is 4.79 Å². The molecular formula is C12H23N3O. The van der Waals surface area contributed by atoms with E-state index < -0.39 is 0 Å². The first-order chi connectivity index (χ1) is 7.63. The van der Waals surface area contributed by atoms with Crippen molar-refractivity contribution in [2.75, 3.05) is 26.2 Å². The lowest BCUT2D eigenvalue weighted by atomic mass is 9.91. The van der Waals surface area contributed by atoms with Crippen LogP contribution in [-0.4, -0.2) is 43.0 Å². The molecule has 4 nitrogen and oxygen atoms in total. The minimum absolute atomic E-state index is 0.0825. The van der Waals surface area contributed by atoms with E-state index in [1.807, 2.05) is 0 Å². The van der Waals surface area contributed by atoms with E-state index in [9.17, 15) is 4.79 Å². The molecule has 0 bridgehead atoms. The monoisotopic (exact) mass is 225 g/mol. The SMILES string of the molecule is C=CCNC(=O)CN1CCC(C(C)N)CC1. The van der Waals surface area contributed by atoms with Crippen molar-refractivity contribution in [3.63, 3.8) is 0 Å². The topological polar surface area (TPSA) is 58.4 Å². The second-order valence-corrected chi connectivity index (χ2v) is 4.57. The molecule has 0 aromatic carbocycles. The van der Waals surface area contributed by atoms with Crippen molar-refractivity contribution in [1.29, 1.82) is 0 Å². The fraction of sp³-hybridized carbons (Fsp3) is 0.750. The van der Waals surface area contributed by atoms with Gasteiger partial charge in [-0.3, -0.25) is 9.69 Å². The number of nitrogens with two attached hydrogens (primary N) is 1. The van der Waals surface area contributed by atoms with E-state index in [4.69, 9.17) is 5.73 Å². The van der Waals surface area contributed by atoms with Gasteiger partial charge in [-0.15, -0.1) is 6.58 Å². The van der Waals surface area contributed by atoms with Gasteiger partial charge < -0.3 is 11.1 Å². The Kier molecular flexibility index (Phi) is 5.49. The highest BCUT2D eigenvalue weighted by molar-refractivity contribution is 5.78. The smallest absolute Gasteiger partial charge is 0.234 e. The molecule has 0 radical (unpaired) electrons. The molecular weight excluding hydrogens is 202 g/mol. The molecule has 0 saturated carbocycles. The van der Waals surface area contributed by atoms with Gasteiger partial charge in [0.1, 0.15) is 0 Å². The summed E-state index contributed by atoms with van der Waals surface area (Å²) >= 11 is 0. The maximum atomic E-state index is 11.5. The Bertz CT molecular complexity index is 232. The Morgan fingerprint density at radius 1 is 1.62 bits per heavy atom. The number of nitrogens with one attached hydrogen (secondary N) is 1. The van der Waals surface area contributed by atoms with Crippen LogP contribution in [0.3, 0.4) is 0 Å². The third kappa shape index (κ3) is 4.33. The molecule has 1 amide bonds. The van der Waals surface area contributed by atoms with E-state index >= 15 is 0 Å². The zero-order valence-corrected chi connectivity index (χ0v) is 10.1. The van der Waals surface area contributed by atoms with Gasteiger partial charge in [0.05, 0.1) is 6.54 Å². The predicted octanol–water partition coefficient (Wildman–Crippen LogP) is 0.348. The van der Waals surface area contributed by atoms with E-state index in [1.54, 1.807) is 6.08 Å². The Morgan fingerprint density at radius 2 is 2.25 bits per heavy atom. The molecule has 1 unspecified atom stereocenters. The van der Waals surface area contributed by atoms with Crippen molar-refractivity contribution in [1.82, 2.24) is 10.2 Å². The van der Waals surface area contributed by atoms with Gasteiger partial charge in [-0.05, 0) is 38.8 Å². The minimum atomic E-state index is 0.0825. The Hall–Kier alpha value is -0.870. The summed E-state index contributed by atoms with van der Waals surface area (Å²) in [5.74, 6) is 0.701. The number of likely N-dealkylation sites (tertiary alicyclic amines) is 1. The van der Waals surface area contributed by atoms with Crippen LogP contribution in [0.4, 0.5) is 0 Å². The van der Waals surface area contributed by atoms with Gasteiger partial charge in [0.15, 0.2) is 0 Å². The second kappa shape index (κ2) is 6.66. The summed E-state index contributed by atoms with van der Waals surface area (Å²) in [5.41, 5.74) is 5.87. The van der Waals surface area contributed by atoms with Crippen LogP contribution >= 0.6 is 0 Å². The molecule has 1 aliphatic rings. The van der Waals surface area contributed by atoms with Crippen LogP contribution in [0.25, 0.3) is 0 Å². The predicted molar refractivity (Wildman–Crippen MR) is 66.0 cm³/mol. The lowest BCUT2D eigenvalue weighted by Crippen LogP contribution is -2.44. The minimum Gasteiger partial charge on any atom is -0.352 e. The maximum absolute atomic E-state index is 11.5. The number of nitrogens with zero attached hydrogens (tertiary/aromatic N) is 1. The van der Waals surface area contributed by atoms with Crippen molar-refractivity contribution in [2.24, 2.45) is 11.7 Å². The highest BCUT2D eigenvalue weighted by Crippen LogP contribution is 2.18. The van der Waals surface area contributed by atoms with Crippen molar-refractivity contribution in [3.8, 4) is 0 Å². The molecule has 0 spiro atoms. The average molecular weight is 225 g/mol. The molecule has 1 saturated heterocycles. The van der Waals surface area contributed by atoms with Gasteiger partial charge in [-0.1, -0.05) is 6.08 Å². The molecule has 4 heteroatoms. The number of rotatable bonds is 5. The fourth-order valence-electron chi connectivity index (χ4n) is 2.08. The van der Waals surface area contributed by atoms with Gasteiger partial charge in [0.25, 0.3) is 0 Å². The van der Waals surface area contributed by atoms with Crippen molar-refractivity contribution in [3.05, 3.63) is 12.7 Å². The average Bonchev–Trinajstić information content (AvgIpc) is 2.27. The van der Waals surface area contributed by atoms with Crippen LogP contribution in [-0.2, 0) is 4.79 Å². The number of carbonyl (C=O) groups excluding carboxylic acids is 1. The number of hydrogen-bond donors (Lipinski definition) is 2. The van der Waals surface area contributed by atoms with Crippen LogP contribution in [0.1, 0.15) is 19.8 Å². The van der Waals surface area contributed by atoms with Crippen LogP contribution < -0.4 is 11.1 Å². The maximum Gasteiger partial charge on any atom is 0.234 e. The van der Waals surface area contributed by atoms with Gasteiger partial charge in [-0.2, -0.15) is 0 Å². The number of hydrogen-bond acceptors (Lipinski definition) is 3. The molecule has 3 N–H and O–H groups in total.